The van der Waals surface area contributed by atoms with Crippen LogP contribution in [0.2, 0.25) is 0 Å². The van der Waals surface area contributed by atoms with Gasteiger partial charge in [-0.3, -0.25) is 0 Å². The first-order chi connectivity index (χ1) is 6.33. The summed E-state index contributed by atoms with van der Waals surface area (Å²) in [6.07, 6.45) is 1.22. The molecule has 14 heavy (non-hydrogen) atoms. The van der Waals surface area contributed by atoms with E-state index in [4.69, 9.17) is 5.11 Å². The number of hydrogen-bond donors (Lipinski definition) is 2. The van der Waals surface area contributed by atoms with E-state index in [0.717, 1.165) is 0 Å². The number of nitrogens with one attached hydrogen (secondary N) is 1. The van der Waals surface area contributed by atoms with Crippen LogP contribution in [0.25, 0.3) is 0 Å². The molecule has 0 aliphatic heterocycles. The molecule has 2 atom stereocenters. The molecule has 0 rings (SSSR count). The molecule has 0 aromatic heterocycles. The minimum atomic E-state index is -3.32. The van der Waals surface area contributed by atoms with Crippen molar-refractivity contribution in [3.8, 4) is 0 Å². The maximum absolute atomic E-state index is 11.2. The van der Waals surface area contributed by atoms with Gasteiger partial charge in [0.25, 0.3) is 0 Å². The van der Waals surface area contributed by atoms with Crippen LogP contribution in [-0.2, 0) is 21.2 Å². The van der Waals surface area contributed by atoms with Gasteiger partial charge < -0.3 is 9.66 Å². The Labute approximate surface area is 88.1 Å². The molecule has 0 aliphatic rings. The van der Waals surface area contributed by atoms with E-state index in [-0.39, 0.29) is 12.3 Å². The molecule has 0 aromatic rings. The zero-order chi connectivity index (χ0) is 11.2. The van der Waals surface area contributed by atoms with Crippen molar-refractivity contribution in [3.05, 3.63) is 0 Å². The van der Waals surface area contributed by atoms with Crippen molar-refractivity contribution in [2.24, 2.45) is 0 Å². The molecule has 5 nitrogen and oxygen atoms in total. The third-order valence-electron chi connectivity index (χ3n) is 1.44. The SMILES string of the molecule is CC(O)CNS(=O)(=O)CCC[S+](C)[O-]. The summed E-state index contributed by atoms with van der Waals surface area (Å²) in [5, 5.41) is 8.85. The second kappa shape index (κ2) is 6.62. The van der Waals surface area contributed by atoms with Gasteiger partial charge in [0.1, 0.15) is 5.75 Å². The van der Waals surface area contributed by atoms with Crippen LogP contribution in [-0.4, -0.2) is 48.5 Å². The molecular weight excluding hydrogens is 226 g/mol. The number of hydrogen-bond acceptors (Lipinski definition) is 4. The summed E-state index contributed by atoms with van der Waals surface area (Å²) in [6.45, 7) is 1.53. The second-order valence-corrected chi connectivity index (χ2v) is 6.63. The van der Waals surface area contributed by atoms with E-state index in [1.807, 2.05) is 0 Å². The van der Waals surface area contributed by atoms with E-state index in [1.165, 1.54) is 13.2 Å². The zero-order valence-corrected chi connectivity index (χ0v) is 10.0. The van der Waals surface area contributed by atoms with Gasteiger partial charge in [-0.25, -0.2) is 13.1 Å². The second-order valence-electron chi connectivity index (χ2n) is 3.15. The topological polar surface area (TPSA) is 89.5 Å². The van der Waals surface area contributed by atoms with Gasteiger partial charge in [-0.1, -0.05) is 11.2 Å². The third-order valence-corrected chi connectivity index (χ3v) is 3.74. The van der Waals surface area contributed by atoms with Crippen LogP contribution >= 0.6 is 0 Å². The van der Waals surface area contributed by atoms with Crippen molar-refractivity contribution in [2.45, 2.75) is 19.4 Å². The fourth-order valence-electron chi connectivity index (χ4n) is 0.772. The minimum Gasteiger partial charge on any atom is -0.617 e. The molecule has 0 spiro atoms. The lowest BCUT2D eigenvalue weighted by molar-refractivity contribution is 0.198. The van der Waals surface area contributed by atoms with Crippen LogP contribution < -0.4 is 4.72 Å². The van der Waals surface area contributed by atoms with Gasteiger partial charge >= 0.3 is 0 Å². The Kier molecular flexibility index (Phi) is 6.71. The molecule has 0 saturated carbocycles. The summed E-state index contributed by atoms with van der Waals surface area (Å²) in [7, 11) is -3.32. The maximum Gasteiger partial charge on any atom is 0.211 e. The smallest absolute Gasteiger partial charge is 0.211 e. The van der Waals surface area contributed by atoms with Crippen LogP contribution in [0, 0.1) is 0 Å². The van der Waals surface area contributed by atoms with Gasteiger partial charge in [0.05, 0.1) is 18.1 Å². The molecule has 0 amide bonds. The lowest BCUT2D eigenvalue weighted by Crippen LogP contribution is -2.32. The van der Waals surface area contributed by atoms with E-state index in [0.29, 0.717) is 12.2 Å². The molecule has 0 aliphatic carbocycles. The fourth-order valence-corrected chi connectivity index (χ4v) is 2.67. The molecule has 2 N–H and O–H groups in total. The number of aliphatic hydroxyl groups excluding tert-OH is 1. The molecule has 0 fully saturated rings. The highest BCUT2D eigenvalue weighted by Crippen LogP contribution is 1.94. The molecule has 0 bridgehead atoms. The average molecular weight is 243 g/mol. The zero-order valence-electron chi connectivity index (χ0n) is 8.39. The summed E-state index contributed by atoms with van der Waals surface area (Å²) < 4.78 is 35.3. The maximum atomic E-state index is 11.2. The first kappa shape index (κ1) is 14.2. The molecule has 0 radical (unpaired) electrons. The number of aliphatic hydroxyl groups is 1. The largest absolute Gasteiger partial charge is 0.617 e. The summed E-state index contributed by atoms with van der Waals surface area (Å²) in [5.41, 5.74) is 0. The lowest BCUT2D eigenvalue weighted by atomic mass is 10.4. The predicted octanol–water partition coefficient (Wildman–Crippen LogP) is -0.945. The van der Waals surface area contributed by atoms with E-state index in [9.17, 15) is 13.0 Å². The Morgan fingerprint density at radius 2 is 2.14 bits per heavy atom. The van der Waals surface area contributed by atoms with Crippen LogP contribution in [0.4, 0.5) is 0 Å². The van der Waals surface area contributed by atoms with Gasteiger partial charge in [-0.05, 0) is 6.92 Å². The Hall–Kier alpha value is 0.180. The Bertz CT molecular complexity index is 238. The standard InChI is InChI=1S/C7H17NO4S2/c1-7(9)6-8-14(11,12)5-3-4-13(2)10/h7-9H,3-6H2,1-2H3. The van der Waals surface area contributed by atoms with Gasteiger partial charge in [0.2, 0.25) is 10.0 Å². The van der Waals surface area contributed by atoms with Crippen LogP contribution in [0.3, 0.4) is 0 Å². The van der Waals surface area contributed by atoms with E-state index in [1.54, 1.807) is 0 Å². The van der Waals surface area contributed by atoms with Crippen molar-refractivity contribution in [1.29, 1.82) is 0 Å². The monoisotopic (exact) mass is 243 g/mol. The molecule has 0 saturated heterocycles. The first-order valence-corrected chi connectivity index (χ1v) is 7.67. The quantitative estimate of drug-likeness (QED) is 0.564. The van der Waals surface area contributed by atoms with Crippen molar-refractivity contribution in [1.82, 2.24) is 4.72 Å². The first-order valence-electron chi connectivity index (χ1n) is 4.29. The van der Waals surface area contributed by atoms with E-state index >= 15 is 0 Å². The predicted molar refractivity (Wildman–Crippen MR) is 57.0 cm³/mol. The highest BCUT2D eigenvalue weighted by atomic mass is 32.2. The van der Waals surface area contributed by atoms with E-state index in [2.05, 4.69) is 4.72 Å². The van der Waals surface area contributed by atoms with Crippen LogP contribution in [0.1, 0.15) is 13.3 Å². The Morgan fingerprint density at radius 1 is 1.57 bits per heavy atom. The average Bonchev–Trinajstić information content (AvgIpc) is 2.00. The molecule has 86 valence electrons. The molecular formula is C7H17NO4S2. The summed E-state index contributed by atoms with van der Waals surface area (Å²) in [5.74, 6) is 0.342. The van der Waals surface area contributed by atoms with Gasteiger partial charge in [0.15, 0.2) is 0 Å². The highest BCUT2D eigenvalue weighted by Gasteiger charge is 2.11. The third kappa shape index (κ3) is 8.76. The summed E-state index contributed by atoms with van der Waals surface area (Å²) >= 11 is -0.955. The summed E-state index contributed by atoms with van der Waals surface area (Å²) in [6, 6.07) is 0. The highest BCUT2D eigenvalue weighted by molar-refractivity contribution is 7.91. The van der Waals surface area contributed by atoms with Gasteiger partial charge in [-0.2, -0.15) is 0 Å². The lowest BCUT2D eigenvalue weighted by Gasteiger charge is -2.08. The van der Waals surface area contributed by atoms with E-state index < -0.39 is 27.3 Å². The van der Waals surface area contributed by atoms with Gasteiger partial charge in [0, 0.05) is 13.0 Å². The fraction of sp³-hybridized carbons (Fsp3) is 1.00. The van der Waals surface area contributed by atoms with Crippen molar-refractivity contribution >= 4 is 21.2 Å². The van der Waals surface area contributed by atoms with Gasteiger partial charge in [-0.15, -0.1) is 0 Å². The van der Waals surface area contributed by atoms with Crippen molar-refractivity contribution in [3.63, 3.8) is 0 Å². The van der Waals surface area contributed by atoms with Crippen LogP contribution in [0.15, 0.2) is 0 Å². The molecule has 7 heteroatoms. The molecule has 0 aromatic carbocycles. The van der Waals surface area contributed by atoms with Crippen molar-refractivity contribution in [2.75, 3.05) is 24.3 Å². The number of sulfonamides is 1. The molecule has 2 unspecified atom stereocenters. The minimum absolute atomic E-state index is 0.0253. The Balaban J connectivity index is 3.73. The Morgan fingerprint density at radius 3 is 2.57 bits per heavy atom. The molecule has 0 heterocycles. The number of rotatable bonds is 7. The van der Waals surface area contributed by atoms with Crippen molar-refractivity contribution < 1.29 is 18.1 Å². The summed E-state index contributed by atoms with van der Waals surface area (Å²) in [4.78, 5) is 0. The van der Waals surface area contributed by atoms with Crippen LogP contribution in [0.5, 0.6) is 0 Å². The normalized spacial score (nSPS) is 16.6.